The molecule has 1 saturated carbocycles. The van der Waals surface area contributed by atoms with E-state index >= 15 is 0 Å². The number of carbonyl (C=O) groups is 1. The smallest absolute Gasteiger partial charge is 0.254 e. The number of hydrogen-bond donors (Lipinski definition) is 0. The Bertz CT molecular complexity index is 495. The van der Waals surface area contributed by atoms with Crippen molar-refractivity contribution in [3.8, 4) is 11.5 Å². The van der Waals surface area contributed by atoms with E-state index in [1.165, 1.54) is 0 Å². The van der Waals surface area contributed by atoms with Crippen LogP contribution in [0.15, 0.2) is 18.2 Å². The summed E-state index contributed by atoms with van der Waals surface area (Å²) >= 11 is 0. The van der Waals surface area contributed by atoms with Gasteiger partial charge >= 0.3 is 0 Å². The molecule has 0 radical (unpaired) electrons. The van der Waals surface area contributed by atoms with Crippen LogP contribution in [0.3, 0.4) is 0 Å². The molecule has 1 fully saturated rings. The lowest BCUT2D eigenvalue weighted by Gasteiger charge is -2.25. The van der Waals surface area contributed by atoms with Gasteiger partial charge in [-0.3, -0.25) is 4.79 Å². The van der Waals surface area contributed by atoms with Gasteiger partial charge in [-0.05, 0) is 43.9 Å². The molecule has 0 aliphatic heterocycles. The fourth-order valence-corrected chi connectivity index (χ4v) is 2.42. The van der Waals surface area contributed by atoms with Crippen LogP contribution in [0.2, 0.25) is 0 Å². The first kappa shape index (κ1) is 15.7. The summed E-state index contributed by atoms with van der Waals surface area (Å²) in [5.74, 6) is 1.85. The molecule has 0 saturated heterocycles. The maximum absolute atomic E-state index is 12.7. The van der Waals surface area contributed by atoms with Crippen LogP contribution >= 0.6 is 0 Å². The predicted molar refractivity (Wildman–Crippen MR) is 83.1 cm³/mol. The van der Waals surface area contributed by atoms with Gasteiger partial charge in [-0.15, -0.1) is 0 Å². The Morgan fingerprint density at radius 2 is 2.05 bits per heavy atom. The molecule has 0 bridgehead atoms. The zero-order valence-electron chi connectivity index (χ0n) is 13.4. The number of nitrogens with zero attached hydrogens (tertiary/aromatic N) is 1. The van der Waals surface area contributed by atoms with E-state index in [0.29, 0.717) is 35.6 Å². The van der Waals surface area contributed by atoms with Crippen LogP contribution in [-0.4, -0.2) is 37.1 Å². The molecule has 116 valence electrons. The first-order valence-electron chi connectivity index (χ1n) is 7.68. The maximum Gasteiger partial charge on any atom is 0.254 e. The third-order valence-electron chi connectivity index (χ3n) is 3.52. The number of hydrogen-bond acceptors (Lipinski definition) is 3. The van der Waals surface area contributed by atoms with E-state index in [-0.39, 0.29) is 5.91 Å². The minimum atomic E-state index is 0.0903. The van der Waals surface area contributed by atoms with E-state index in [9.17, 15) is 4.79 Å². The Morgan fingerprint density at radius 1 is 1.33 bits per heavy atom. The largest absolute Gasteiger partial charge is 0.493 e. The van der Waals surface area contributed by atoms with Gasteiger partial charge in [0, 0.05) is 18.2 Å². The Labute approximate surface area is 127 Å². The fourth-order valence-electron chi connectivity index (χ4n) is 2.42. The quantitative estimate of drug-likeness (QED) is 0.773. The highest BCUT2D eigenvalue weighted by Crippen LogP contribution is 2.32. The first-order valence-corrected chi connectivity index (χ1v) is 7.68. The topological polar surface area (TPSA) is 38.8 Å². The standard InChI is InChI=1S/C17H25NO3/c1-5-21-15-9-6-13(10-16(15)20-4)17(19)18(11-12(2)3)14-7-8-14/h6,9-10,12,14H,5,7-8,11H2,1-4H3. The molecule has 1 aliphatic carbocycles. The van der Waals surface area contributed by atoms with Crippen LogP contribution in [0.25, 0.3) is 0 Å². The van der Waals surface area contributed by atoms with Gasteiger partial charge in [0.1, 0.15) is 0 Å². The highest BCUT2D eigenvalue weighted by molar-refractivity contribution is 5.95. The van der Waals surface area contributed by atoms with E-state index in [4.69, 9.17) is 9.47 Å². The molecular formula is C17H25NO3. The third kappa shape index (κ3) is 3.90. The van der Waals surface area contributed by atoms with Crippen LogP contribution in [0.4, 0.5) is 0 Å². The normalized spacial score (nSPS) is 14.1. The van der Waals surface area contributed by atoms with Crippen molar-refractivity contribution in [1.82, 2.24) is 4.90 Å². The molecule has 1 aliphatic rings. The Morgan fingerprint density at radius 3 is 2.57 bits per heavy atom. The second kappa shape index (κ2) is 6.83. The van der Waals surface area contributed by atoms with Crippen molar-refractivity contribution in [2.24, 2.45) is 5.92 Å². The molecule has 0 heterocycles. The van der Waals surface area contributed by atoms with E-state index in [1.807, 2.05) is 24.0 Å². The molecule has 1 amide bonds. The van der Waals surface area contributed by atoms with Gasteiger partial charge in [0.15, 0.2) is 11.5 Å². The molecule has 2 rings (SSSR count). The molecule has 0 spiro atoms. The summed E-state index contributed by atoms with van der Waals surface area (Å²) < 4.78 is 10.8. The fraction of sp³-hybridized carbons (Fsp3) is 0.588. The number of benzene rings is 1. The summed E-state index contributed by atoms with van der Waals surface area (Å²) in [6.45, 7) is 7.59. The van der Waals surface area contributed by atoms with E-state index in [2.05, 4.69) is 13.8 Å². The molecule has 1 aromatic rings. The molecule has 21 heavy (non-hydrogen) atoms. The van der Waals surface area contributed by atoms with Crippen molar-refractivity contribution in [1.29, 1.82) is 0 Å². The van der Waals surface area contributed by atoms with Crippen LogP contribution in [0.5, 0.6) is 11.5 Å². The number of rotatable bonds is 7. The summed E-state index contributed by atoms with van der Waals surface area (Å²) in [5, 5.41) is 0. The highest BCUT2D eigenvalue weighted by Gasteiger charge is 2.33. The lowest BCUT2D eigenvalue weighted by molar-refractivity contribution is 0.0722. The van der Waals surface area contributed by atoms with Gasteiger partial charge < -0.3 is 14.4 Å². The molecule has 4 heteroatoms. The average Bonchev–Trinajstić information content (AvgIpc) is 3.29. The van der Waals surface area contributed by atoms with Crippen molar-refractivity contribution in [3.05, 3.63) is 23.8 Å². The zero-order valence-corrected chi connectivity index (χ0v) is 13.4. The number of carbonyl (C=O) groups excluding carboxylic acids is 1. The lowest BCUT2D eigenvalue weighted by Crippen LogP contribution is -2.36. The lowest BCUT2D eigenvalue weighted by atomic mass is 10.1. The summed E-state index contributed by atoms with van der Waals surface area (Å²) in [6, 6.07) is 5.84. The molecular weight excluding hydrogens is 266 g/mol. The van der Waals surface area contributed by atoms with Crippen molar-refractivity contribution in [2.75, 3.05) is 20.3 Å². The average molecular weight is 291 g/mol. The molecule has 0 aromatic heterocycles. The summed E-state index contributed by atoms with van der Waals surface area (Å²) in [7, 11) is 1.60. The van der Waals surface area contributed by atoms with Crippen molar-refractivity contribution < 1.29 is 14.3 Å². The van der Waals surface area contributed by atoms with Crippen LogP contribution in [-0.2, 0) is 0 Å². The van der Waals surface area contributed by atoms with Crippen LogP contribution in [0.1, 0.15) is 44.0 Å². The molecule has 0 unspecified atom stereocenters. The molecule has 1 aromatic carbocycles. The molecule has 4 nitrogen and oxygen atoms in total. The summed E-state index contributed by atoms with van der Waals surface area (Å²) in [5.41, 5.74) is 0.669. The van der Waals surface area contributed by atoms with E-state index in [1.54, 1.807) is 13.2 Å². The number of amides is 1. The SMILES string of the molecule is CCOc1ccc(C(=O)N(CC(C)C)C2CC2)cc1OC. The van der Waals surface area contributed by atoms with Gasteiger partial charge in [-0.2, -0.15) is 0 Å². The number of ether oxygens (including phenoxy) is 2. The second-order valence-electron chi connectivity index (χ2n) is 5.88. The third-order valence-corrected chi connectivity index (χ3v) is 3.52. The molecule has 0 atom stereocenters. The van der Waals surface area contributed by atoms with Crippen LogP contribution < -0.4 is 9.47 Å². The maximum atomic E-state index is 12.7. The van der Waals surface area contributed by atoms with Gasteiger partial charge in [-0.25, -0.2) is 0 Å². The van der Waals surface area contributed by atoms with Crippen molar-refractivity contribution in [3.63, 3.8) is 0 Å². The first-order chi connectivity index (χ1) is 10.1. The zero-order chi connectivity index (χ0) is 15.4. The summed E-state index contributed by atoms with van der Waals surface area (Å²) in [4.78, 5) is 14.7. The highest BCUT2D eigenvalue weighted by atomic mass is 16.5. The van der Waals surface area contributed by atoms with Crippen molar-refractivity contribution in [2.45, 2.75) is 39.7 Å². The number of methoxy groups -OCH3 is 1. The Hall–Kier alpha value is -1.71. The van der Waals surface area contributed by atoms with Gasteiger partial charge in [0.05, 0.1) is 13.7 Å². The van der Waals surface area contributed by atoms with Gasteiger partial charge in [0.25, 0.3) is 5.91 Å². The van der Waals surface area contributed by atoms with Crippen LogP contribution in [0, 0.1) is 5.92 Å². The minimum Gasteiger partial charge on any atom is -0.493 e. The second-order valence-corrected chi connectivity index (χ2v) is 5.88. The monoisotopic (exact) mass is 291 g/mol. The predicted octanol–water partition coefficient (Wildman–Crippen LogP) is 3.35. The summed E-state index contributed by atoms with van der Waals surface area (Å²) in [6.07, 6.45) is 2.24. The van der Waals surface area contributed by atoms with Gasteiger partial charge in [-0.1, -0.05) is 13.8 Å². The Kier molecular flexibility index (Phi) is 5.10. The molecule has 0 N–H and O–H groups in total. The Balaban J connectivity index is 2.21. The van der Waals surface area contributed by atoms with E-state index in [0.717, 1.165) is 19.4 Å². The van der Waals surface area contributed by atoms with E-state index < -0.39 is 0 Å². The minimum absolute atomic E-state index is 0.0903. The van der Waals surface area contributed by atoms with Gasteiger partial charge in [0.2, 0.25) is 0 Å². The van der Waals surface area contributed by atoms with Crippen molar-refractivity contribution >= 4 is 5.91 Å².